The summed E-state index contributed by atoms with van der Waals surface area (Å²) in [7, 11) is -0.323. The van der Waals surface area contributed by atoms with Gasteiger partial charge in [-0.3, -0.25) is 0 Å². The van der Waals surface area contributed by atoms with Crippen molar-refractivity contribution in [3.8, 4) is 5.75 Å². The molecular weight excluding hydrogens is 335 g/mol. The molecule has 0 bridgehead atoms. The van der Waals surface area contributed by atoms with E-state index in [9.17, 15) is 8.42 Å². The van der Waals surface area contributed by atoms with Crippen molar-refractivity contribution in [2.75, 3.05) is 33.8 Å². The molecule has 1 fully saturated rings. The summed E-state index contributed by atoms with van der Waals surface area (Å²) < 4.78 is 31.8. The first-order valence-corrected chi connectivity index (χ1v) is 8.77. The van der Waals surface area contributed by atoms with Crippen molar-refractivity contribution in [1.82, 2.24) is 9.62 Å². The van der Waals surface area contributed by atoms with Crippen LogP contribution in [0.2, 0.25) is 10.0 Å². The van der Waals surface area contributed by atoms with E-state index >= 15 is 0 Å². The summed E-state index contributed by atoms with van der Waals surface area (Å²) in [6, 6.07) is 2.78. The molecule has 1 unspecified atom stereocenters. The lowest BCUT2D eigenvalue weighted by molar-refractivity contribution is 0.414. The molecular formula is C13H18Cl2N2O3S. The number of ether oxygens (including phenoxy) is 1. The van der Waals surface area contributed by atoms with Crippen molar-refractivity contribution in [2.45, 2.75) is 11.3 Å². The number of hydrogen-bond acceptors (Lipinski definition) is 4. The molecule has 0 aromatic heterocycles. The zero-order valence-corrected chi connectivity index (χ0v) is 14.2. The fourth-order valence-electron chi connectivity index (χ4n) is 2.47. The van der Waals surface area contributed by atoms with E-state index in [2.05, 4.69) is 5.32 Å². The maximum Gasteiger partial charge on any atom is 0.244 e. The first kappa shape index (κ1) is 16.8. The number of benzene rings is 1. The fraction of sp³-hybridized carbons (Fsp3) is 0.538. The second-order valence-electron chi connectivity index (χ2n) is 4.99. The van der Waals surface area contributed by atoms with E-state index < -0.39 is 10.0 Å². The Morgan fingerprint density at radius 2 is 2.10 bits per heavy atom. The SMILES string of the molecule is CNCC1CCN(S(=O)(=O)c2cc(Cl)c(OC)cc2Cl)C1. The van der Waals surface area contributed by atoms with Crippen LogP contribution in [0.15, 0.2) is 17.0 Å². The van der Waals surface area contributed by atoms with Crippen molar-refractivity contribution in [3.05, 3.63) is 22.2 Å². The third-order valence-corrected chi connectivity index (χ3v) is 6.19. The molecule has 1 aromatic rings. The summed E-state index contributed by atoms with van der Waals surface area (Å²) in [6.07, 6.45) is 0.835. The smallest absolute Gasteiger partial charge is 0.244 e. The van der Waals surface area contributed by atoms with Gasteiger partial charge in [-0.2, -0.15) is 4.31 Å². The molecule has 1 heterocycles. The Labute approximate surface area is 135 Å². The van der Waals surface area contributed by atoms with Crippen LogP contribution in [0.4, 0.5) is 0 Å². The Morgan fingerprint density at radius 1 is 1.38 bits per heavy atom. The van der Waals surface area contributed by atoms with E-state index in [1.807, 2.05) is 7.05 Å². The zero-order chi connectivity index (χ0) is 15.6. The van der Waals surface area contributed by atoms with Gasteiger partial charge < -0.3 is 10.1 Å². The van der Waals surface area contributed by atoms with Gasteiger partial charge in [0.05, 0.1) is 17.2 Å². The topological polar surface area (TPSA) is 58.6 Å². The van der Waals surface area contributed by atoms with Crippen LogP contribution in [0.1, 0.15) is 6.42 Å². The second-order valence-corrected chi connectivity index (χ2v) is 7.71. The van der Waals surface area contributed by atoms with Crippen LogP contribution in [0.3, 0.4) is 0 Å². The number of hydrogen-bond donors (Lipinski definition) is 1. The molecule has 1 N–H and O–H groups in total. The van der Waals surface area contributed by atoms with Gasteiger partial charge in [0, 0.05) is 19.2 Å². The second kappa shape index (κ2) is 6.71. The minimum atomic E-state index is -3.63. The van der Waals surface area contributed by atoms with Crippen molar-refractivity contribution in [2.24, 2.45) is 5.92 Å². The Hall–Kier alpha value is -0.530. The van der Waals surface area contributed by atoms with Gasteiger partial charge in [0.15, 0.2) is 0 Å². The molecule has 0 spiro atoms. The summed E-state index contributed by atoms with van der Waals surface area (Å²) in [6.45, 7) is 1.78. The van der Waals surface area contributed by atoms with E-state index in [1.54, 1.807) is 0 Å². The summed E-state index contributed by atoms with van der Waals surface area (Å²) in [5.74, 6) is 0.673. The zero-order valence-electron chi connectivity index (χ0n) is 11.9. The molecule has 0 aliphatic carbocycles. The monoisotopic (exact) mass is 352 g/mol. The Balaban J connectivity index is 2.30. The number of rotatable bonds is 5. The lowest BCUT2D eigenvalue weighted by atomic mass is 10.1. The Morgan fingerprint density at radius 3 is 2.71 bits per heavy atom. The van der Waals surface area contributed by atoms with Gasteiger partial charge in [-0.25, -0.2) is 8.42 Å². The fourth-order valence-corrected chi connectivity index (χ4v) is 4.83. The molecule has 21 heavy (non-hydrogen) atoms. The third-order valence-electron chi connectivity index (χ3n) is 3.57. The first-order valence-electron chi connectivity index (χ1n) is 6.58. The minimum absolute atomic E-state index is 0.0278. The van der Waals surface area contributed by atoms with Crippen LogP contribution in [0.5, 0.6) is 5.75 Å². The molecule has 8 heteroatoms. The maximum absolute atomic E-state index is 12.7. The molecule has 1 saturated heterocycles. The maximum atomic E-state index is 12.7. The van der Waals surface area contributed by atoms with E-state index in [0.29, 0.717) is 24.8 Å². The Bertz CT molecular complexity index is 622. The van der Waals surface area contributed by atoms with E-state index in [1.165, 1.54) is 23.5 Å². The highest BCUT2D eigenvalue weighted by Crippen LogP contribution is 2.35. The summed E-state index contributed by atoms with van der Waals surface area (Å²) in [5.41, 5.74) is 0. The van der Waals surface area contributed by atoms with Crippen molar-refractivity contribution in [3.63, 3.8) is 0 Å². The predicted octanol–water partition coefficient (Wildman–Crippen LogP) is 2.23. The highest BCUT2D eigenvalue weighted by atomic mass is 35.5. The summed E-state index contributed by atoms with van der Waals surface area (Å²) >= 11 is 12.1. The van der Waals surface area contributed by atoms with Crippen molar-refractivity contribution in [1.29, 1.82) is 0 Å². The van der Waals surface area contributed by atoms with Gasteiger partial charge >= 0.3 is 0 Å². The average Bonchev–Trinajstić information content (AvgIpc) is 2.90. The molecule has 5 nitrogen and oxygen atoms in total. The molecule has 0 radical (unpaired) electrons. The van der Waals surface area contributed by atoms with Crippen molar-refractivity contribution >= 4 is 33.2 Å². The van der Waals surface area contributed by atoms with Gasteiger partial charge in [0.2, 0.25) is 10.0 Å². The highest BCUT2D eigenvalue weighted by molar-refractivity contribution is 7.89. The standard InChI is InChI=1S/C13H18Cl2N2O3S/c1-16-7-9-3-4-17(8-9)21(18,19)13-6-10(14)12(20-2)5-11(13)15/h5-6,9,16H,3-4,7-8H2,1-2H3. The summed E-state index contributed by atoms with van der Waals surface area (Å²) in [5, 5.41) is 3.42. The van der Waals surface area contributed by atoms with Gasteiger partial charge in [-0.05, 0) is 32.0 Å². The molecule has 1 aliphatic heterocycles. The van der Waals surface area contributed by atoms with Crippen molar-refractivity contribution < 1.29 is 13.2 Å². The number of nitrogens with one attached hydrogen (secondary N) is 1. The number of methoxy groups -OCH3 is 1. The molecule has 0 amide bonds. The van der Waals surface area contributed by atoms with Crippen LogP contribution in [0, 0.1) is 5.92 Å². The largest absolute Gasteiger partial charge is 0.495 e. The lowest BCUT2D eigenvalue weighted by Gasteiger charge is -2.18. The molecule has 1 aliphatic rings. The van der Waals surface area contributed by atoms with Crippen LogP contribution >= 0.6 is 23.2 Å². The van der Waals surface area contributed by atoms with Gasteiger partial charge in [-0.1, -0.05) is 23.2 Å². The highest BCUT2D eigenvalue weighted by Gasteiger charge is 2.34. The third kappa shape index (κ3) is 3.46. The van der Waals surface area contributed by atoms with Crippen LogP contribution < -0.4 is 10.1 Å². The Kier molecular flexibility index (Phi) is 5.38. The molecule has 118 valence electrons. The lowest BCUT2D eigenvalue weighted by Crippen LogP contribution is -2.30. The quantitative estimate of drug-likeness (QED) is 0.882. The summed E-state index contributed by atoms with van der Waals surface area (Å²) in [4.78, 5) is 0.0278. The van der Waals surface area contributed by atoms with Crippen LogP contribution in [0.25, 0.3) is 0 Å². The van der Waals surface area contributed by atoms with E-state index in [4.69, 9.17) is 27.9 Å². The van der Waals surface area contributed by atoms with Gasteiger partial charge in [-0.15, -0.1) is 0 Å². The van der Waals surface area contributed by atoms with E-state index in [-0.39, 0.29) is 14.9 Å². The van der Waals surface area contributed by atoms with Crippen LogP contribution in [-0.4, -0.2) is 46.5 Å². The predicted molar refractivity (Wildman–Crippen MR) is 83.8 cm³/mol. The number of nitrogens with zero attached hydrogens (tertiary/aromatic N) is 1. The number of sulfonamides is 1. The molecule has 0 saturated carbocycles. The average molecular weight is 353 g/mol. The first-order chi connectivity index (χ1) is 9.90. The van der Waals surface area contributed by atoms with E-state index in [0.717, 1.165) is 13.0 Å². The minimum Gasteiger partial charge on any atom is -0.495 e. The number of halogens is 2. The van der Waals surface area contributed by atoms with Crippen LogP contribution in [-0.2, 0) is 10.0 Å². The molecule has 1 atom stereocenters. The normalized spacial score (nSPS) is 19.9. The van der Waals surface area contributed by atoms with Gasteiger partial charge in [0.1, 0.15) is 10.6 Å². The van der Waals surface area contributed by atoms with Gasteiger partial charge in [0.25, 0.3) is 0 Å². The molecule has 1 aromatic carbocycles. The molecule has 2 rings (SSSR count).